The number of hydrogen-bond acceptors (Lipinski definition) is 4. The van der Waals surface area contributed by atoms with E-state index in [1.807, 2.05) is 24.3 Å². The van der Waals surface area contributed by atoms with Crippen LogP contribution >= 0.6 is 0 Å². The molecule has 0 aliphatic carbocycles. The van der Waals surface area contributed by atoms with Gasteiger partial charge in [0.2, 0.25) is 0 Å². The lowest BCUT2D eigenvalue weighted by atomic mass is 10.00. The van der Waals surface area contributed by atoms with Crippen molar-refractivity contribution in [1.82, 2.24) is 5.32 Å². The van der Waals surface area contributed by atoms with Gasteiger partial charge in [-0.3, -0.25) is 0 Å². The van der Waals surface area contributed by atoms with Crippen molar-refractivity contribution in [3.05, 3.63) is 59.2 Å². The van der Waals surface area contributed by atoms with Crippen LogP contribution < -0.4 is 14.8 Å². The Morgan fingerprint density at radius 1 is 1.25 bits per heavy atom. The molecule has 2 atom stereocenters. The maximum atomic E-state index is 10.4. The summed E-state index contributed by atoms with van der Waals surface area (Å²) >= 11 is 0. The van der Waals surface area contributed by atoms with E-state index in [2.05, 4.69) is 30.4 Å². The van der Waals surface area contributed by atoms with E-state index >= 15 is 0 Å². The molecule has 128 valence electrons. The predicted octanol–water partition coefficient (Wildman–Crippen LogP) is 3.54. The highest BCUT2D eigenvalue weighted by Gasteiger charge is 2.20. The fraction of sp³-hybridized carbons (Fsp3) is 0.400. The lowest BCUT2D eigenvalue weighted by molar-refractivity contribution is 0.169. The van der Waals surface area contributed by atoms with Crippen LogP contribution in [-0.2, 0) is 0 Å². The Balaban J connectivity index is 1.67. The Labute approximate surface area is 143 Å². The third kappa shape index (κ3) is 3.89. The van der Waals surface area contributed by atoms with Gasteiger partial charge < -0.3 is 19.9 Å². The smallest absolute Gasteiger partial charge is 0.124 e. The van der Waals surface area contributed by atoms with Gasteiger partial charge >= 0.3 is 0 Å². The number of aliphatic hydroxyl groups is 1. The lowest BCUT2D eigenvalue weighted by Crippen LogP contribution is -2.26. The molecule has 0 amide bonds. The van der Waals surface area contributed by atoms with Crippen LogP contribution in [0.2, 0.25) is 0 Å². The van der Waals surface area contributed by atoms with Gasteiger partial charge in [0.1, 0.15) is 11.5 Å². The van der Waals surface area contributed by atoms with E-state index in [0.717, 1.165) is 36.5 Å². The van der Waals surface area contributed by atoms with Gasteiger partial charge in [-0.05, 0) is 49.1 Å². The summed E-state index contributed by atoms with van der Waals surface area (Å²) in [5, 5.41) is 13.9. The molecule has 24 heavy (non-hydrogen) atoms. The highest BCUT2D eigenvalue weighted by atomic mass is 16.5. The summed E-state index contributed by atoms with van der Waals surface area (Å²) in [5.74, 6) is 1.76. The van der Waals surface area contributed by atoms with E-state index < -0.39 is 6.10 Å². The molecule has 0 bridgehead atoms. The van der Waals surface area contributed by atoms with Gasteiger partial charge in [0.25, 0.3) is 0 Å². The zero-order valence-electron chi connectivity index (χ0n) is 14.3. The van der Waals surface area contributed by atoms with Crippen molar-refractivity contribution in [3.8, 4) is 11.5 Å². The Morgan fingerprint density at radius 2 is 2.04 bits per heavy atom. The monoisotopic (exact) mass is 327 g/mol. The molecule has 3 rings (SSSR count). The van der Waals surface area contributed by atoms with Crippen molar-refractivity contribution < 1.29 is 14.6 Å². The van der Waals surface area contributed by atoms with Crippen LogP contribution in [0.15, 0.2) is 42.5 Å². The summed E-state index contributed by atoms with van der Waals surface area (Å²) in [5.41, 5.74) is 3.27. The number of rotatable bonds is 5. The number of nitrogens with one attached hydrogen (secondary N) is 1. The van der Waals surface area contributed by atoms with Gasteiger partial charge in [0.15, 0.2) is 0 Å². The fourth-order valence-electron chi connectivity index (χ4n) is 3.09. The highest BCUT2D eigenvalue weighted by Crippen LogP contribution is 2.32. The van der Waals surface area contributed by atoms with Gasteiger partial charge in [-0.1, -0.05) is 24.3 Å². The van der Waals surface area contributed by atoms with Crippen molar-refractivity contribution in [3.63, 3.8) is 0 Å². The molecular formula is C20H25NO3. The molecule has 0 fully saturated rings. The second kappa shape index (κ2) is 7.69. The normalized spacial score (nSPS) is 18.2. The maximum absolute atomic E-state index is 10.4. The minimum absolute atomic E-state index is 0.205. The SMILES string of the molecule is COc1ccc(C(O)CNC2CCCOc3cc(C)ccc32)cc1. The molecule has 0 saturated carbocycles. The first-order chi connectivity index (χ1) is 11.7. The molecule has 0 spiro atoms. The van der Waals surface area contributed by atoms with Gasteiger partial charge in [-0.2, -0.15) is 0 Å². The summed E-state index contributed by atoms with van der Waals surface area (Å²) in [7, 11) is 1.64. The highest BCUT2D eigenvalue weighted by molar-refractivity contribution is 5.40. The molecule has 2 unspecified atom stereocenters. The number of benzene rings is 2. The van der Waals surface area contributed by atoms with E-state index in [9.17, 15) is 5.11 Å². The minimum Gasteiger partial charge on any atom is -0.497 e. The van der Waals surface area contributed by atoms with Crippen molar-refractivity contribution in [2.45, 2.75) is 31.9 Å². The largest absolute Gasteiger partial charge is 0.497 e. The van der Waals surface area contributed by atoms with E-state index in [0.29, 0.717) is 6.54 Å². The third-order valence-electron chi connectivity index (χ3n) is 4.50. The van der Waals surface area contributed by atoms with E-state index in [1.54, 1.807) is 7.11 Å². The summed E-state index contributed by atoms with van der Waals surface area (Å²) in [6, 6.07) is 14.1. The third-order valence-corrected chi connectivity index (χ3v) is 4.50. The first-order valence-electron chi connectivity index (χ1n) is 8.46. The van der Waals surface area contributed by atoms with Crippen molar-refractivity contribution in [2.24, 2.45) is 0 Å². The first-order valence-corrected chi connectivity index (χ1v) is 8.46. The zero-order chi connectivity index (χ0) is 16.9. The lowest BCUT2D eigenvalue weighted by Gasteiger charge is -2.21. The molecule has 0 radical (unpaired) electrons. The van der Waals surface area contributed by atoms with Crippen molar-refractivity contribution in [2.75, 3.05) is 20.3 Å². The Kier molecular flexibility index (Phi) is 5.38. The van der Waals surface area contributed by atoms with Gasteiger partial charge in [0, 0.05) is 18.2 Å². The molecule has 1 aliphatic heterocycles. The molecule has 4 heteroatoms. The van der Waals surface area contributed by atoms with E-state index in [4.69, 9.17) is 9.47 Å². The van der Waals surface area contributed by atoms with Crippen LogP contribution in [0.1, 0.15) is 41.7 Å². The van der Waals surface area contributed by atoms with Crippen LogP contribution in [-0.4, -0.2) is 25.4 Å². The molecule has 2 aromatic carbocycles. The molecule has 1 aliphatic rings. The van der Waals surface area contributed by atoms with Crippen LogP contribution in [0, 0.1) is 6.92 Å². The number of ether oxygens (including phenoxy) is 2. The average Bonchev–Trinajstić information content (AvgIpc) is 2.81. The minimum atomic E-state index is -0.547. The van der Waals surface area contributed by atoms with E-state index in [-0.39, 0.29) is 6.04 Å². The Bertz CT molecular complexity index is 669. The summed E-state index contributed by atoms with van der Waals surface area (Å²) in [6.07, 6.45) is 1.46. The topological polar surface area (TPSA) is 50.7 Å². The number of aliphatic hydroxyl groups excluding tert-OH is 1. The van der Waals surface area contributed by atoms with Crippen LogP contribution in [0.3, 0.4) is 0 Å². The average molecular weight is 327 g/mol. The number of methoxy groups -OCH3 is 1. The number of aryl methyl sites for hydroxylation is 1. The summed E-state index contributed by atoms with van der Waals surface area (Å²) < 4.78 is 11.0. The fourth-order valence-corrected chi connectivity index (χ4v) is 3.09. The molecule has 2 N–H and O–H groups in total. The molecular weight excluding hydrogens is 302 g/mol. The number of hydrogen-bond donors (Lipinski definition) is 2. The van der Waals surface area contributed by atoms with Gasteiger partial charge in [-0.15, -0.1) is 0 Å². The molecule has 2 aromatic rings. The zero-order valence-corrected chi connectivity index (χ0v) is 14.3. The standard InChI is InChI=1S/C20H25NO3/c1-14-5-10-17-18(4-3-11-24-20(17)12-14)21-13-19(22)15-6-8-16(23-2)9-7-15/h5-10,12,18-19,21-22H,3-4,11,13H2,1-2H3. The van der Waals surface area contributed by atoms with E-state index in [1.165, 1.54) is 11.1 Å². The molecule has 0 saturated heterocycles. The van der Waals surface area contributed by atoms with Crippen LogP contribution in [0.4, 0.5) is 0 Å². The predicted molar refractivity (Wildman–Crippen MR) is 94.6 cm³/mol. The molecule has 0 aromatic heterocycles. The molecule has 4 nitrogen and oxygen atoms in total. The summed E-state index contributed by atoms with van der Waals surface area (Å²) in [4.78, 5) is 0. The molecule has 1 heterocycles. The number of fused-ring (bicyclic) bond motifs is 1. The summed E-state index contributed by atoms with van der Waals surface area (Å²) in [6.45, 7) is 3.32. The Hall–Kier alpha value is -2.04. The van der Waals surface area contributed by atoms with Crippen molar-refractivity contribution in [1.29, 1.82) is 0 Å². The van der Waals surface area contributed by atoms with Crippen LogP contribution in [0.5, 0.6) is 11.5 Å². The van der Waals surface area contributed by atoms with Crippen molar-refractivity contribution >= 4 is 0 Å². The quantitative estimate of drug-likeness (QED) is 0.882. The van der Waals surface area contributed by atoms with Gasteiger partial charge in [0.05, 0.1) is 19.8 Å². The maximum Gasteiger partial charge on any atom is 0.124 e. The Morgan fingerprint density at radius 3 is 2.79 bits per heavy atom. The second-order valence-corrected chi connectivity index (χ2v) is 6.28. The van der Waals surface area contributed by atoms with Crippen LogP contribution in [0.25, 0.3) is 0 Å². The second-order valence-electron chi connectivity index (χ2n) is 6.28. The van der Waals surface area contributed by atoms with Gasteiger partial charge in [-0.25, -0.2) is 0 Å². The first kappa shape index (κ1) is 16.8.